The Balaban J connectivity index is 0.000000853. The minimum atomic E-state index is 0. The molecular weight excluding hydrogens is 342 g/mol. The summed E-state index contributed by atoms with van der Waals surface area (Å²) in [5, 5.41) is 2.66. The van der Waals surface area contributed by atoms with Crippen molar-refractivity contribution >= 4 is 38.8 Å². The van der Waals surface area contributed by atoms with Crippen LogP contribution in [-0.4, -0.2) is 10.6 Å². The molecule has 0 N–H and O–H groups in total. The first kappa shape index (κ1) is 11.5. The van der Waals surface area contributed by atoms with E-state index in [4.69, 9.17) is 4.42 Å². The maximum Gasteiger partial charge on any atom is 0.412 e. The largest absolute Gasteiger partial charge is 1.00 e. The number of rotatable bonds is 1. The topological polar surface area (TPSA) is 17.0 Å². The van der Waals surface area contributed by atoms with Crippen LogP contribution in [0.25, 0.3) is 11.1 Å². The first-order valence-corrected chi connectivity index (χ1v) is 6.52. The van der Waals surface area contributed by atoms with Crippen LogP contribution in [0.2, 0.25) is 0 Å². The Hall–Kier alpha value is -0.000000000000000111. The number of hydrogen-bond donors (Lipinski definition) is 0. The average molecular weight is 351 g/mol. The molecule has 2 aromatic rings. The van der Waals surface area contributed by atoms with Gasteiger partial charge in [0.2, 0.25) is 5.58 Å². The van der Waals surface area contributed by atoms with Crippen LogP contribution in [0.5, 0.6) is 0 Å². The maximum atomic E-state index is 5.75. The molecule has 0 saturated carbocycles. The van der Waals surface area contributed by atoms with Gasteiger partial charge in [-0.25, -0.2) is 0 Å². The van der Waals surface area contributed by atoms with Crippen molar-refractivity contribution in [2.75, 3.05) is 5.33 Å². The molecule has 0 spiro atoms. The van der Waals surface area contributed by atoms with Gasteiger partial charge >= 0.3 is 5.22 Å². The van der Waals surface area contributed by atoms with E-state index in [1.165, 1.54) is 5.52 Å². The van der Waals surface area contributed by atoms with Crippen LogP contribution < -0.4 is 21.5 Å². The summed E-state index contributed by atoms with van der Waals surface area (Å²) >= 11 is 5.32. The second-order valence-electron chi connectivity index (χ2n) is 3.34. The van der Waals surface area contributed by atoms with Gasteiger partial charge in [0.05, 0.1) is 5.25 Å². The van der Waals surface area contributed by atoms with Gasteiger partial charge in [-0.3, -0.25) is 0 Å². The molecule has 1 aliphatic heterocycles. The molecule has 0 bridgehead atoms. The molecule has 2 heterocycles. The Morgan fingerprint density at radius 3 is 3.07 bits per heavy atom. The number of fused-ring (bicyclic) bond motifs is 3. The molecule has 5 heteroatoms. The molecule has 1 aromatic carbocycles. The van der Waals surface area contributed by atoms with E-state index >= 15 is 0 Å². The molecule has 80 valence electrons. The van der Waals surface area contributed by atoms with Crippen molar-refractivity contribution in [1.82, 2.24) is 0 Å². The normalized spacial score (nSPS) is 18.9. The van der Waals surface area contributed by atoms with Gasteiger partial charge in [0.15, 0.2) is 6.54 Å². The zero-order valence-corrected chi connectivity index (χ0v) is 11.8. The van der Waals surface area contributed by atoms with Crippen molar-refractivity contribution in [2.45, 2.75) is 17.0 Å². The fourth-order valence-corrected chi connectivity index (χ4v) is 3.35. The standard InChI is InChI=1S/C10H9BrNOS.BrH/c11-5-7-6-12-8-3-1-2-4-9(8)13-10(12)14-7;/h1-4,7H,5-6H2;1H/q+1;/p-1. The third-order valence-corrected chi connectivity index (χ3v) is 4.76. The molecular formula is C10H9Br2NOS. The van der Waals surface area contributed by atoms with E-state index in [-0.39, 0.29) is 17.0 Å². The van der Waals surface area contributed by atoms with E-state index in [0.29, 0.717) is 5.25 Å². The van der Waals surface area contributed by atoms with E-state index in [2.05, 4.69) is 32.6 Å². The number of alkyl halides is 1. The molecule has 1 atom stereocenters. The van der Waals surface area contributed by atoms with Gasteiger partial charge in [-0.1, -0.05) is 28.1 Å². The summed E-state index contributed by atoms with van der Waals surface area (Å²) in [5.41, 5.74) is 2.20. The minimum absolute atomic E-state index is 0. The summed E-state index contributed by atoms with van der Waals surface area (Å²) in [7, 11) is 0. The Morgan fingerprint density at radius 2 is 2.27 bits per heavy atom. The van der Waals surface area contributed by atoms with Gasteiger partial charge in [0.25, 0.3) is 5.52 Å². The molecule has 2 nitrogen and oxygen atoms in total. The molecule has 0 amide bonds. The molecule has 3 rings (SSSR count). The maximum absolute atomic E-state index is 5.75. The highest BCUT2D eigenvalue weighted by atomic mass is 79.9. The van der Waals surface area contributed by atoms with Gasteiger partial charge in [-0.15, -0.1) is 4.57 Å². The number of benzene rings is 1. The highest BCUT2D eigenvalue weighted by Gasteiger charge is 2.35. The number of hydrogen-bond acceptors (Lipinski definition) is 2. The van der Waals surface area contributed by atoms with Crippen molar-refractivity contribution in [1.29, 1.82) is 0 Å². The van der Waals surface area contributed by atoms with Gasteiger partial charge < -0.3 is 21.4 Å². The van der Waals surface area contributed by atoms with Crippen molar-refractivity contribution in [3.63, 3.8) is 0 Å². The lowest BCUT2D eigenvalue weighted by Gasteiger charge is -1.94. The molecule has 1 unspecified atom stereocenters. The molecule has 0 saturated heterocycles. The zero-order chi connectivity index (χ0) is 9.54. The van der Waals surface area contributed by atoms with Crippen molar-refractivity contribution in [2.24, 2.45) is 0 Å². The third kappa shape index (κ3) is 1.85. The van der Waals surface area contributed by atoms with E-state index in [1.807, 2.05) is 23.9 Å². The highest BCUT2D eigenvalue weighted by molar-refractivity contribution is 9.09. The molecule has 1 aliphatic rings. The lowest BCUT2D eigenvalue weighted by atomic mass is 10.3. The van der Waals surface area contributed by atoms with Crippen LogP contribution in [0, 0.1) is 0 Å². The lowest BCUT2D eigenvalue weighted by molar-refractivity contribution is -0.708. The Bertz CT molecular complexity index is 485. The fourth-order valence-electron chi connectivity index (χ4n) is 1.74. The number of halogens is 2. The van der Waals surface area contributed by atoms with E-state index in [9.17, 15) is 0 Å². The predicted molar refractivity (Wildman–Crippen MR) is 59.8 cm³/mol. The molecule has 0 fully saturated rings. The van der Waals surface area contributed by atoms with Crippen LogP contribution in [-0.2, 0) is 6.54 Å². The smallest absolute Gasteiger partial charge is 0.412 e. The zero-order valence-electron chi connectivity index (χ0n) is 7.82. The summed E-state index contributed by atoms with van der Waals surface area (Å²) in [6.07, 6.45) is 0. The van der Waals surface area contributed by atoms with E-state index in [0.717, 1.165) is 22.7 Å². The summed E-state index contributed by atoms with van der Waals surface area (Å²) in [6.45, 7) is 1.04. The first-order valence-electron chi connectivity index (χ1n) is 4.52. The van der Waals surface area contributed by atoms with Crippen LogP contribution in [0.3, 0.4) is 0 Å². The van der Waals surface area contributed by atoms with Crippen LogP contribution in [0.15, 0.2) is 33.9 Å². The van der Waals surface area contributed by atoms with E-state index < -0.39 is 0 Å². The van der Waals surface area contributed by atoms with Gasteiger partial charge in [0.1, 0.15) is 0 Å². The Kier molecular flexibility index (Phi) is 3.42. The monoisotopic (exact) mass is 349 g/mol. The van der Waals surface area contributed by atoms with E-state index in [1.54, 1.807) is 0 Å². The molecule has 0 aliphatic carbocycles. The molecule has 0 radical (unpaired) electrons. The Morgan fingerprint density at radius 1 is 1.47 bits per heavy atom. The van der Waals surface area contributed by atoms with Crippen LogP contribution >= 0.6 is 27.7 Å². The summed E-state index contributed by atoms with van der Waals surface area (Å²) < 4.78 is 8.00. The van der Waals surface area contributed by atoms with Crippen molar-refractivity contribution < 1.29 is 26.0 Å². The van der Waals surface area contributed by atoms with Crippen molar-refractivity contribution in [3.8, 4) is 0 Å². The minimum Gasteiger partial charge on any atom is -1.00 e. The van der Waals surface area contributed by atoms with Gasteiger partial charge in [0, 0.05) is 11.4 Å². The number of oxazole rings is 1. The second kappa shape index (κ2) is 4.47. The van der Waals surface area contributed by atoms with Gasteiger partial charge in [-0.05, 0) is 17.8 Å². The highest BCUT2D eigenvalue weighted by Crippen LogP contribution is 2.31. The lowest BCUT2D eigenvalue weighted by Crippen LogP contribution is -3.00. The quantitative estimate of drug-likeness (QED) is 0.514. The summed E-state index contributed by atoms with van der Waals surface area (Å²) in [5.74, 6) is 0. The summed E-state index contributed by atoms with van der Waals surface area (Å²) in [6, 6.07) is 8.19. The second-order valence-corrected chi connectivity index (χ2v) is 5.24. The number of para-hydroxylation sites is 2. The average Bonchev–Trinajstić information content (AvgIpc) is 2.73. The predicted octanol–water partition coefficient (Wildman–Crippen LogP) is -0.407. The number of aromatic nitrogens is 1. The van der Waals surface area contributed by atoms with Crippen LogP contribution in [0.1, 0.15) is 0 Å². The first-order chi connectivity index (χ1) is 6.88. The molecule has 15 heavy (non-hydrogen) atoms. The number of thioether (sulfide) groups is 1. The summed E-state index contributed by atoms with van der Waals surface area (Å²) in [4.78, 5) is 0. The van der Waals surface area contributed by atoms with Gasteiger partial charge in [-0.2, -0.15) is 0 Å². The van der Waals surface area contributed by atoms with Crippen LogP contribution in [0.4, 0.5) is 0 Å². The third-order valence-electron chi connectivity index (χ3n) is 2.40. The molecule has 1 aromatic heterocycles. The fraction of sp³-hybridized carbons (Fsp3) is 0.300. The van der Waals surface area contributed by atoms with Crippen molar-refractivity contribution in [3.05, 3.63) is 24.3 Å². The Labute approximate surface area is 111 Å². The number of nitrogens with zero attached hydrogens (tertiary/aromatic N) is 1. The SMILES string of the molecule is BrCC1C[n+]2c(oc3ccccc32)S1.[Br-].